The van der Waals surface area contributed by atoms with E-state index in [9.17, 15) is 9.36 Å². The Morgan fingerprint density at radius 3 is 1.84 bits per heavy atom. The highest BCUT2D eigenvalue weighted by molar-refractivity contribution is 7.58. The van der Waals surface area contributed by atoms with Gasteiger partial charge in [-0.05, 0) is 13.8 Å². The molecule has 0 saturated carbocycles. The summed E-state index contributed by atoms with van der Waals surface area (Å²) in [4.78, 5) is 13.5. The van der Waals surface area contributed by atoms with Gasteiger partial charge >= 0.3 is 7.60 Å². The second kappa shape index (κ2) is 7.57. The van der Waals surface area contributed by atoms with Crippen molar-refractivity contribution in [3.05, 3.63) is 0 Å². The van der Waals surface area contributed by atoms with Gasteiger partial charge in [-0.2, -0.15) is 0 Å². The summed E-state index contributed by atoms with van der Waals surface area (Å²) in [5, 5.41) is -0.310. The summed E-state index contributed by atoms with van der Waals surface area (Å²) in [5.74, 6) is -0.0351. The summed E-state index contributed by atoms with van der Waals surface area (Å²) in [6, 6.07) is 0. The molecule has 0 heterocycles. The van der Waals surface area contributed by atoms with E-state index >= 15 is 0 Å². The van der Waals surface area contributed by atoms with Gasteiger partial charge in [0, 0.05) is 20.5 Å². The minimum absolute atomic E-state index is 0.0351. The van der Waals surface area contributed by atoms with Crippen LogP contribution in [0.25, 0.3) is 0 Å². The topological polar surface area (TPSA) is 55.8 Å². The molecule has 0 aromatic rings. The molecule has 0 aliphatic rings. The zero-order valence-electron chi connectivity index (χ0n) is 13.2. The maximum Gasteiger partial charge on any atom is 0.331 e. The third-order valence-corrected chi connectivity index (χ3v) is 10.5. The highest BCUT2D eigenvalue weighted by Gasteiger charge is 2.45. The van der Waals surface area contributed by atoms with Crippen LogP contribution >= 0.6 is 7.60 Å². The highest BCUT2D eigenvalue weighted by atomic mass is 31.2. The summed E-state index contributed by atoms with van der Waals surface area (Å²) in [5.41, 5.74) is 0. The lowest BCUT2D eigenvalue weighted by atomic mass is 10.4. The van der Waals surface area contributed by atoms with Gasteiger partial charge in [-0.15, -0.1) is 0 Å². The molecule has 0 N–H and O–H groups in total. The van der Waals surface area contributed by atoms with Crippen LogP contribution in [-0.4, -0.2) is 51.5 Å². The standard InChI is InChI=1S/C12H28NO4PSi/c1-8-16-18(15,17-9-2)12(19(5,6)7)10-11(14)13(3)4/h12H,8-10H2,1-7H3. The number of hydrogen-bond donors (Lipinski definition) is 0. The van der Waals surface area contributed by atoms with Crippen molar-refractivity contribution in [1.29, 1.82) is 0 Å². The molecule has 0 radical (unpaired) electrons. The third kappa shape index (κ3) is 5.77. The van der Waals surface area contributed by atoms with E-state index in [0.29, 0.717) is 13.2 Å². The van der Waals surface area contributed by atoms with Gasteiger partial charge in [-0.3, -0.25) is 9.36 Å². The average molecular weight is 309 g/mol. The monoisotopic (exact) mass is 309 g/mol. The second-order valence-corrected chi connectivity index (χ2v) is 13.9. The Balaban J connectivity index is 5.32. The van der Waals surface area contributed by atoms with Crippen LogP contribution < -0.4 is 0 Å². The lowest BCUT2D eigenvalue weighted by molar-refractivity contribution is -0.128. The molecular formula is C12H28NO4PSi. The summed E-state index contributed by atoms with van der Waals surface area (Å²) in [6.07, 6.45) is 0.222. The van der Waals surface area contributed by atoms with Gasteiger partial charge < -0.3 is 13.9 Å². The Labute approximate surface area is 118 Å². The molecule has 19 heavy (non-hydrogen) atoms. The Kier molecular flexibility index (Phi) is 7.51. The number of carbonyl (C=O) groups excluding carboxylic acids is 1. The van der Waals surface area contributed by atoms with Crippen LogP contribution in [0.2, 0.25) is 19.6 Å². The Bertz CT molecular complexity index is 331. The smallest absolute Gasteiger partial charge is 0.331 e. The first-order valence-corrected chi connectivity index (χ1v) is 11.9. The van der Waals surface area contributed by atoms with Crippen molar-refractivity contribution in [2.75, 3.05) is 27.3 Å². The van der Waals surface area contributed by atoms with E-state index in [1.165, 1.54) is 4.90 Å². The van der Waals surface area contributed by atoms with E-state index in [1.54, 1.807) is 27.9 Å². The minimum Gasteiger partial charge on any atom is -0.349 e. The fourth-order valence-corrected chi connectivity index (χ4v) is 8.38. The van der Waals surface area contributed by atoms with Crippen molar-refractivity contribution >= 4 is 21.6 Å². The van der Waals surface area contributed by atoms with Crippen LogP contribution in [0.1, 0.15) is 20.3 Å². The SMILES string of the molecule is CCOP(=O)(OCC)C(CC(=O)N(C)C)[Si](C)(C)C. The fourth-order valence-electron chi connectivity index (χ4n) is 1.82. The summed E-state index contributed by atoms with van der Waals surface area (Å²) < 4.78 is 23.8. The van der Waals surface area contributed by atoms with Crippen LogP contribution in [0.5, 0.6) is 0 Å². The molecule has 0 rings (SSSR count). The van der Waals surface area contributed by atoms with Crippen LogP contribution in [0.3, 0.4) is 0 Å². The molecule has 0 bridgehead atoms. The van der Waals surface area contributed by atoms with Crippen LogP contribution in [0.4, 0.5) is 0 Å². The molecule has 0 spiro atoms. The number of amides is 1. The molecule has 1 atom stereocenters. The lowest BCUT2D eigenvalue weighted by Crippen LogP contribution is -2.42. The fraction of sp³-hybridized carbons (Fsp3) is 0.917. The zero-order valence-corrected chi connectivity index (χ0v) is 15.1. The summed E-state index contributed by atoms with van der Waals surface area (Å²) >= 11 is 0. The van der Waals surface area contributed by atoms with Gasteiger partial charge in [0.05, 0.1) is 26.6 Å². The van der Waals surface area contributed by atoms with Crippen LogP contribution in [0, 0.1) is 0 Å². The first-order valence-electron chi connectivity index (χ1n) is 6.67. The van der Waals surface area contributed by atoms with Gasteiger partial charge in [-0.1, -0.05) is 19.6 Å². The molecule has 5 nitrogen and oxygen atoms in total. The van der Waals surface area contributed by atoms with Gasteiger partial charge in [-0.25, -0.2) is 0 Å². The quantitative estimate of drug-likeness (QED) is 0.511. The van der Waals surface area contributed by atoms with E-state index in [0.717, 1.165) is 0 Å². The molecule has 0 aromatic carbocycles. The zero-order chi connectivity index (χ0) is 15.3. The molecule has 1 amide bonds. The van der Waals surface area contributed by atoms with Gasteiger partial charge in [0.25, 0.3) is 0 Å². The van der Waals surface area contributed by atoms with Crippen molar-refractivity contribution in [1.82, 2.24) is 4.90 Å². The van der Waals surface area contributed by atoms with Crippen molar-refractivity contribution < 1.29 is 18.4 Å². The van der Waals surface area contributed by atoms with E-state index < -0.39 is 15.7 Å². The van der Waals surface area contributed by atoms with Crippen molar-refractivity contribution in [3.63, 3.8) is 0 Å². The number of rotatable bonds is 8. The van der Waals surface area contributed by atoms with Crippen molar-refractivity contribution in [2.24, 2.45) is 0 Å². The molecule has 7 heteroatoms. The average Bonchev–Trinajstić information content (AvgIpc) is 2.24. The molecule has 0 aliphatic carbocycles. The second-order valence-electron chi connectivity index (χ2n) is 5.75. The van der Waals surface area contributed by atoms with Crippen LogP contribution in [-0.2, 0) is 18.4 Å². The third-order valence-electron chi connectivity index (χ3n) is 2.87. The first-order chi connectivity index (χ1) is 8.58. The Hall–Kier alpha value is -0.163. The number of nitrogens with zero attached hydrogens (tertiary/aromatic N) is 1. The molecule has 0 fully saturated rings. The molecule has 0 aliphatic heterocycles. The van der Waals surface area contributed by atoms with Crippen molar-refractivity contribution in [3.8, 4) is 0 Å². The highest BCUT2D eigenvalue weighted by Crippen LogP contribution is 2.57. The van der Waals surface area contributed by atoms with E-state index in [4.69, 9.17) is 9.05 Å². The Morgan fingerprint density at radius 2 is 1.58 bits per heavy atom. The van der Waals surface area contributed by atoms with Crippen LogP contribution in [0.15, 0.2) is 0 Å². The number of hydrogen-bond acceptors (Lipinski definition) is 4. The first kappa shape index (κ1) is 18.8. The Morgan fingerprint density at radius 1 is 1.16 bits per heavy atom. The summed E-state index contributed by atoms with van der Waals surface area (Å²) in [7, 11) is -1.69. The lowest BCUT2D eigenvalue weighted by Gasteiger charge is -2.34. The summed E-state index contributed by atoms with van der Waals surface area (Å²) in [6.45, 7) is 10.5. The number of carbonyl (C=O) groups is 1. The van der Waals surface area contributed by atoms with E-state index in [-0.39, 0.29) is 17.6 Å². The van der Waals surface area contributed by atoms with Gasteiger partial charge in [0.15, 0.2) is 0 Å². The predicted octanol–water partition coefficient (Wildman–Crippen LogP) is 2.98. The van der Waals surface area contributed by atoms with Crippen molar-refractivity contribution in [2.45, 2.75) is 45.2 Å². The largest absolute Gasteiger partial charge is 0.349 e. The maximum absolute atomic E-state index is 12.9. The molecule has 1 unspecified atom stereocenters. The molecule has 114 valence electrons. The normalized spacial score (nSPS) is 14.3. The minimum atomic E-state index is -3.23. The van der Waals surface area contributed by atoms with Gasteiger partial charge in [0.2, 0.25) is 5.91 Å². The van der Waals surface area contributed by atoms with Gasteiger partial charge in [0.1, 0.15) is 0 Å². The predicted molar refractivity (Wildman–Crippen MR) is 81.3 cm³/mol. The maximum atomic E-state index is 12.9. The molecule has 0 aromatic heterocycles. The van der Waals surface area contributed by atoms with E-state index in [1.807, 2.05) is 0 Å². The molecular weight excluding hydrogens is 281 g/mol. The molecule has 0 saturated heterocycles. The van der Waals surface area contributed by atoms with E-state index in [2.05, 4.69) is 19.6 Å².